The summed E-state index contributed by atoms with van der Waals surface area (Å²) in [6.45, 7) is 0.408. The first-order valence-corrected chi connectivity index (χ1v) is 10.9. The van der Waals surface area contributed by atoms with Crippen molar-refractivity contribution in [2.75, 3.05) is 12.3 Å². The first-order chi connectivity index (χ1) is 12.4. The van der Waals surface area contributed by atoms with Crippen LogP contribution in [0.5, 0.6) is 0 Å². The van der Waals surface area contributed by atoms with Gasteiger partial charge in [0.2, 0.25) is 5.91 Å². The molecule has 0 aliphatic rings. The van der Waals surface area contributed by atoms with E-state index in [0.717, 1.165) is 21.6 Å². The standard InChI is InChI=1S/C18H17ClN2O3S2/c19-13-7-9-14(10-8-13)26(23,24)12-17(22)20-11-3-6-18-21-15-4-1-2-5-16(15)25-18/h1-2,4-5,7-10H,3,6,11-12H2,(H,20,22). The van der Waals surface area contributed by atoms with E-state index in [1.165, 1.54) is 24.3 Å². The third-order valence-corrected chi connectivity index (χ3v) is 6.70. The number of aryl methyl sites for hydroxylation is 1. The molecule has 1 aromatic heterocycles. The molecule has 0 saturated heterocycles. The van der Waals surface area contributed by atoms with Gasteiger partial charge in [-0.25, -0.2) is 13.4 Å². The second kappa shape index (κ2) is 8.16. The Labute approximate surface area is 160 Å². The van der Waals surface area contributed by atoms with E-state index in [1.807, 2.05) is 24.3 Å². The van der Waals surface area contributed by atoms with Gasteiger partial charge in [-0.15, -0.1) is 11.3 Å². The summed E-state index contributed by atoms with van der Waals surface area (Å²) in [5.41, 5.74) is 0.977. The van der Waals surface area contributed by atoms with Gasteiger partial charge in [0, 0.05) is 18.0 Å². The van der Waals surface area contributed by atoms with Crippen molar-refractivity contribution in [2.24, 2.45) is 0 Å². The molecule has 0 aliphatic heterocycles. The van der Waals surface area contributed by atoms with Crippen LogP contribution >= 0.6 is 22.9 Å². The van der Waals surface area contributed by atoms with E-state index in [9.17, 15) is 13.2 Å². The predicted molar refractivity (Wildman–Crippen MR) is 104 cm³/mol. The Hall–Kier alpha value is -1.96. The summed E-state index contributed by atoms with van der Waals surface area (Å²) in [6, 6.07) is 13.7. The van der Waals surface area contributed by atoms with Crippen LogP contribution in [0.2, 0.25) is 5.02 Å². The van der Waals surface area contributed by atoms with Crippen LogP contribution in [0.25, 0.3) is 10.2 Å². The van der Waals surface area contributed by atoms with E-state index in [1.54, 1.807) is 11.3 Å². The Kier molecular flexibility index (Phi) is 5.90. The highest BCUT2D eigenvalue weighted by Crippen LogP contribution is 2.22. The smallest absolute Gasteiger partial charge is 0.235 e. The topological polar surface area (TPSA) is 76.1 Å². The van der Waals surface area contributed by atoms with Crippen molar-refractivity contribution >= 4 is 48.9 Å². The fraction of sp³-hybridized carbons (Fsp3) is 0.222. The maximum Gasteiger partial charge on any atom is 0.235 e. The number of nitrogens with zero attached hydrogens (tertiary/aromatic N) is 1. The Balaban J connectivity index is 1.47. The summed E-state index contributed by atoms with van der Waals surface area (Å²) in [5, 5.41) is 4.11. The third kappa shape index (κ3) is 4.81. The van der Waals surface area contributed by atoms with E-state index in [-0.39, 0.29) is 4.90 Å². The molecule has 1 amide bonds. The molecule has 1 heterocycles. The molecule has 0 aliphatic carbocycles. The number of carbonyl (C=O) groups excluding carboxylic acids is 1. The first kappa shape index (κ1) is 18.8. The highest BCUT2D eigenvalue weighted by atomic mass is 35.5. The fourth-order valence-corrected chi connectivity index (χ4v) is 4.74. The highest BCUT2D eigenvalue weighted by Gasteiger charge is 2.19. The average molecular weight is 409 g/mol. The van der Waals surface area contributed by atoms with Gasteiger partial charge in [-0.3, -0.25) is 4.79 Å². The van der Waals surface area contributed by atoms with Crippen molar-refractivity contribution in [3.8, 4) is 0 Å². The van der Waals surface area contributed by atoms with Crippen LogP contribution in [0.4, 0.5) is 0 Å². The van der Waals surface area contributed by atoms with Crippen LogP contribution in [0, 0.1) is 0 Å². The lowest BCUT2D eigenvalue weighted by Crippen LogP contribution is -2.31. The Morgan fingerprint density at radius 2 is 1.85 bits per heavy atom. The van der Waals surface area contributed by atoms with Crippen LogP contribution in [-0.2, 0) is 21.1 Å². The van der Waals surface area contributed by atoms with Gasteiger partial charge in [-0.05, 0) is 42.8 Å². The number of nitrogens with one attached hydrogen (secondary N) is 1. The first-order valence-electron chi connectivity index (χ1n) is 8.03. The van der Waals surface area contributed by atoms with E-state index < -0.39 is 21.5 Å². The van der Waals surface area contributed by atoms with Crippen LogP contribution in [0.3, 0.4) is 0 Å². The second-order valence-corrected chi connectivity index (χ2v) is 9.28. The summed E-state index contributed by atoms with van der Waals surface area (Å²) >= 11 is 7.38. The maximum absolute atomic E-state index is 12.2. The van der Waals surface area contributed by atoms with Gasteiger partial charge in [0.15, 0.2) is 9.84 Å². The molecule has 3 aromatic rings. The number of sulfone groups is 1. The SMILES string of the molecule is O=C(CS(=O)(=O)c1ccc(Cl)cc1)NCCCc1nc2ccccc2s1. The highest BCUT2D eigenvalue weighted by molar-refractivity contribution is 7.92. The quantitative estimate of drug-likeness (QED) is 0.607. The third-order valence-electron chi connectivity index (χ3n) is 3.72. The van der Waals surface area contributed by atoms with Crippen molar-refractivity contribution in [3.63, 3.8) is 0 Å². The van der Waals surface area contributed by atoms with E-state index in [4.69, 9.17) is 11.6 Å². The van der Waals surface area contributed by atoms with E-state index in [2.05, 4.69) is 10.3 Å². The van der Waals surface area contributed by atoms with Crippen molar-refractivity contribution in [3.05, 3.63) is 58.6 Å². The zero-order valence-electron chi connectivity index (χ0n) is 13.8. The molecule has 0 unspecified atom stereocenters. The largest absolute Gasteiger partial charge is 0.355 e. The average Bonchev–Trinajstić information content (AvgIpc) is 3.01. The second-order valence-electron chi connectivity index (χ2n) is 5.74. The molecule has 1 N–H and O–H groups in total. The molecule has 0 bridgehead atoms. The fourth-order valence-electron chi connectivity index (χ4n) is 2.44. The molecule has 8 heteroatoms. The van der Waals surface area contributed by atoms with Gasteiger partial charge in [-0.1, -0.05) is 23.7 Å². The number of thiazole rings is 1. The number of para-hydroxylation sites is 1. The van der Waals surface area contributed by atoms with Crippen LogP contribution in [0.1, 0.15) is 11.4 Å². The Morgan fingerprint density at radius 1 is 1.12 bits per heavy atom. The number of fused-ring (bicyclic) bond motifs is 1. The van der Waals surface area contributed by atoms with Crippen LogP contribution in [-0.4, -0.2) is 31.6 Å². The number of carbonyl (C=O) groups is 1. The minimum absolute atomic E-state index is 0.0894. The number of hydrogen-bond donors (Lipinski definition) is 1. The number of benzene rings is 2. The summed E-state index contributed by atoms with van der Waals surface area (Å²) in [4.78, 5) is 16.5. The summed E-state index contributed by atoms with van der Waals surface area (Å²) in [5.74, 6) is -1.08. The van der Waals surface area contributed by atoms with Gasteiger partial charge in [0.1, 0.15) is 5.75 Å². The monoisotopic (exact) mass is 408 g/mol. The van der Waals surface area contributed by atoms with Gasteiger partial charge in [-0.2, -0.15) is 0 Å². The summed E-state index contributed by atoms with van der Waals surface area (Å²) in [7, 11) is -3.66. The van der Waals surface area contributed by atoms with E-state index >= 15 is 0 Å². The van der Waals surface area contributed by atoms with E-state index in [0.29, 0.717) is 18.0 Å². The van der Waals surface area contributed by atoms with Gasteiger partial charge in [0.05, 0.1) is 20.1 Å². The minimum Gasteiger partial charge on any atom is -0.355 e. The lowest BCUT2D eigenvalue weighted by molar-refractivity contribution is -0.118. The predicted octanol–water partition coefficient (Wildman–Crippen LogP) is 3.47. The zero-order chi connectivity index (χ0) is 18.6. The molecule has 0 atom stereocenters. The molecule has 0 fully saturated rings. The molecule has 26 heavy (non-hydrogen) atoms. The molecule has 136 valence electrons. The number of hydrogen-bond acceptors (Lipinski definition) is 5. The molecule has 5 nitrogen and oxygen atoms in total. The molecule has 0 spiro atoms. The van der Waals surface area contributed by atoms with Crippen LogP contribution in [0.15, 0.2) is 53.4 Å². The molecule has 3 rings (SSSR count). The number of aromatic nitrogens is 1. The summed E-state index contributed by atoms with van der Waals surface area (Å²) < 4.78 is 25.5. The van der Waals surface area contributed by atoms with Crippen molar-refractivity contribution < 1.29 is 13.2 Å². The minimum atomic E-state index is -3.66. The number of rotatable bonds is 7. The Bertz CT molecular complexity index is 981. The van der Waals surface area contributed by atoms with Crippen molar-refractivity contribution in [1.29, 1.82) is 0 Å². The lowest BCUT2D eigenvalue weighted by atomic mass is 10.3. The van der Waals surface area contributed by atoms with Gasteiger partial charge < -0.3 is 5.32 Å². The zero-order valence-corrected chi connectivity index (χ0v) is 16.2. The van der Waals surface area contributed by atoms with Gasteiger partial charge in [0.25, 0.3) is 0 Å². The lowest BCUT2D eigenvalue weighted by Gasteiger charge is -2.06. The summed E-state index contributed by atoms with van der Waals surface area (Å²) in [6.07, 6.45) is 1.44. The maximum atomic E-state index is 12.2. The normalized spacial score (nSPS) is 11.6. The molecular weight excluding hydrogens is 392 g/mol. The van der Waals surface area contributed by atoms with Gasteiger partial charge >= 0.3 is 0 Å². The number of halogens is 1. The Morgan fingerprint density at radius 3 is 2.58 bits per heavy atom. The van der Waals surface area contributed by atoms with Crippen molar-refractivity contribution in [1.82, 2.24) is 10.3 Å². The molecular formula is C18H17ClN2O3S2. The van der Waals surface area contributed by atoms with Crippen molar-refractivity contribution in [2.45, 2.75) is 17.7 Å². The molecule has 0 radical (unpaired) electrons. The van der Waals surface area contributed by atoms with Crippen LogP contribution < -0.4 is 5.32 Å². The molecule has 0 saturated carbocycles. The number of amides is 1. The molecule has 2 aromatic carbocycles.